The van der Waals surface area contributed by atoms with Gasteiger partial charge >= 0.3 is 0 Å². The van der Waals surface area contributed by atoms with E-state index in [1.54, 1.807) is 0 Å². The standard InChI is InChI=1S/C48H31N3/c1-2-13-32(14-3-1)33-15-12-16-36(29-33)49-43-21-8-4-19-39(43)41-30-34(25-27-44(41)49)35-26-28-48-42(31-35)40-20-7-11-24-47(40)51(48)50-45-22-9-5-17-37(45)38-18-6-10-23-46(38)50/h1-31H. The van der Waals surface area contributed by atoms with Crippen LogP contribution in [0.2, 0.25) is 0 Å². The van der Waals surface area contributed by atoms with Crippen LogP contribution in [-0.4, -0.2) is 13.9 Å². The lowest BCUT2D eigenvalue weighted by Crippen LogP contribution is -2.08. The molecule has 0 aliphatic rings. The molecule has 0 atom stereocenters. The lowest BCUT2D eigenvalue weighted by Gasteiger charge is -2.13. The first-order valence-electron chi connectivity index (χ1n) is 17.5. The van der Waals surface area contributed by atoms with E-state index in [0.717, 1.165) is 5.69 Å². The number of nitrogens with zero attached hydrogens (tertiary/aromatic N) is 3. The van der Waals surface area contributed by atoms with Crippen LogP contribution in [0.15, 0.2) is 188 Å². The van der Waals surface area contributed by atoms with E-state index in [1.807, 2.05) is 0 Å². The van der Waals surface area contributed by atoms with Gasteiger partial charge in [-0.3, -0.25) is 0 Å². The van der Waals surface area contributed by atoms with Crippen molar-refractivity contribution >= 4 is 65.4 Å². The number of rotatable bonds is 4. The molecule has 0 fully saturated rings. The normalized spacial score (nSPS) is 11.9. The van der Waals surface area contributed by atoms with E-state index in [1.165, 1.54) is 87.7 Å². The van der Waals surface area contributed by atoms with E-state index in [2.05, 4.69) is 202 Å². The highest BCUT2D eigenvalue weighted by molar-refractivity contribution is 6.13. The lowest BCUT2D eigenvalue weighted by atomic mass is 10.0. The minimum atomic E-state index is 1.16. The molecule has 3 heteroatoms. The summed E-state index contributed by atoms with van der Waals surface area (Å²) in [6.45, 7) is 0. The predicted molar refractivity (Wildman–Crippen MR) is 215 cm³/mol. The largest absolute Gasteiger partial charge is 0.309 e. The van der Waals surface area contributed by atoms with Gasteiger partial charge in [-0.1, -0.05) is 127 Å². The summed E-state index contributed by atoms with van der Waals surface area (Å²) >= 11 is 0. The van der Waals surface area contributed by atoms with E-state index >= 15 is 0 Å². The van der Waals surface area contributed by atoms with Gasteiger partial charge in [-0.15, -0.1) is 0 Å². The molecule has 11 aromatic rings. The highest BCUT2D eigenvalue weighted by atomic mass is 15.5. The Bertz CT molecular complexity index is 3080. The van der Waals surface area contributed by atoms with Crippen LogP contribution in [0.25, 0.3) is 93.4 Å². The number of hydrogen-bond donors (Lipinski definition) is 0. The van der Waals surface area contributed by atoms with Gasteiger partial charge in [-0.25, -0.2) is 9.35 Å². The first-order chi connectivity index (χ1) is 25.3. The molecule has 0 radical (unpaired) electrons. The zero-order valence-electron chi connectivity index (χ0n) is 27.7. The maximum absolute atomic E-state index is 2.41. The molecule has 0 unspecified atom stereocenters. The monoisotopic (exact) mass is 649 g/mol. The number of benzene rings is 8. The van der Waals surface area contributed by atoms with Gasteiger partial charge in [0.15, 0.2) is 0 Å². The average molecular weight is 650 g/mol. The molecule has 0 amide bonds. The van der Waals surface area contributed by atoms with Crippen LogP contribution in [0.5, 0.6) is 0 Å². The molecule has 0 bridgehead atoms. The van der Waals surface area contributed by atoms with E-state index < -0.39 is 0 Å². The van der Waals surface area contributed by atoms with Crippen LogP contribution < -0.4 is 0 Å². The first-order valence-corrected chi connectivity index (χ1v) is 17.5. The molecule has 3 heterocycles. The van der Waals surface area contributed by atoms with Gasteiger partial charge in [0, 0.05) is 38.0 Å². The SMILES string of the molecule is c1ccc(-c2cccc(-n3c4ccccc4c4cc(-c5ccc6c(c5)c5ccccc5n6-n5c6ccccc6c6ccccc65)ccc43)c2)cc1. The van der Waals surface area contributed by atoms with E-state index in [0.29, 0.717) is 0 Å². The number of fused-ring (bicyclic) bond motifs is 9. The molecule has 3 nitrogen and oxygen atoms in total. The maximum atomic E-state index is 2.41. The summed E-state index contributed by atoms with van der Waals surface area (Å²) in [5.41, 5.74) is 13.2. The molecule has 0 aliphatic heterocycles. The minimum absolute atomic E-state index is 1.16. The van der Waals surface area contributed by atoms with Crippen molar-refractivity contribution in [1.82, 2.24) is 13.9 Å². The van der Waals surface area contributed by atoms with Gasteiger partial charge in [0.1, 0.15) is 0 Å². The van der Waals surface area contributed by atoms with Crippen LogP contribution in [0.4, 0.5) is 0 Å². The van der Waals surface area contributed by atoms with Crippen molar-refractivity contribution in [2.24, 2.45) is 0 Å². The maximum Gasteiger partial charge on any atom is 0.0716 e. The molecule has 51 heavy (non-hydrogen) atoms. The average Bonchev–Trinajstić information content (AvgIpc) is 3.83. The highest BCUT2D eigenvalue weighted by Crippen LogP contribution is 2.39. The number of hydrogen-bond acceptors (Lipinski definition) is 0. The summed E-state index contributed by atoms with van der Waals surface area (Å²) in [6, 6.07) is 68.4. The quantitative estimate of drug-likeness (QED) is 0.180. The molecule has 11 rings (SSSR count). The first kappa shape index (κ1) is 28.0. The van der Waals surface area contributed by atoms with Crippen molar-refractivity contribution in [1.29, 1.82) is 0 Å². The Morgan fingerprint density at radius 2 is 0.627 bits per heavy atom. The van der Waals surface area contributed by atoms with Gasteiger partial charge in [0.25, 0.3) is 0 Å². The van der Waals surface area contributed by atoms with Gasteiger partial charge in [0.2, 0.25) is 0 Å². The van der Waals surface area contributed by atoms with Gasteiger partial charge in [0.05, 0.1) is 33.1 Å². The third-order valence-corrected chi connectivity index (χ3v) is 10.6. The van der Waals surface area contributed by atoms with Crippen LogP contribution >= 0.6 is 0 Å². The molecule has 8 aromatic carbocycles. The van der Waals surface area contributed by atoms with E-state index in [4.69, 9.17) is 0 Å². The zero-order chi connectivity index (χ0) is 33.5. The second kappa shape index (κ2) is 10.8. The van der Waals surface area contributed by atoms with Crippen molar-refractivity contribution in [3.05, 3.63) is 188 Å². The third-order valence-electron chi connectivity index (χ3n) is 10.6. The van der Waals surface area contributed by atoms with Gasteiger partial charge in [-0.05, 0) is 82.9 Å². The Labute approximate surface area is 294 Å². The van der Waals surface area contributed by atoms with Crippen LogP contribution in [-0.2, 0) is 0 Å². The van der Waals surface area contributed by atoms with Crippen molar-refractivity contribution in [2.75, 3.05) is 0 Å². The molecule has 0 saturated heterocycles. The minimum Gasteiger partial charge on any atom is -0.309 e. The summed E-state index contributed by atoms with van der Waals surface area (Å²) < 4.78 is 7.20. The smallest absolute Gasteiger partial charge is 0.0716 e. The summed E-state index contributed by atoms with van der Waals surface area (Å²) in [5.74, 6) is 0. The van der Waals surface area contributed by atoms with Crippen molar-refractivity contribution in [3.63, 3.8) is 0 Å². The number of para-hydroxylation sites is 4. The summed E-state index contributed by atoms with van der Waals surface area (Å²) in [5, 5.41) is 7.51. The fourth-order valence-corrected chi connectivity index (χ4v) is 8.35. The summed E-state index contributed by atoms with van der Waals surface area (Å²) in [4.78, 5) is 0. The third kappa shape index (κ3) is 4.12. The molecular formula is C48H31N3. The summed E-state index contributed by atoms with van der Waals surface area (Å²) in [6.07, 6.45) is 0. The zero-order valence-corrected chi connectivity index (χ0v) is 27.7. The van der Waals surface area contributed by atoms with Gasteiger partial charge in [-0.2, -0.15) is 0 Å². The van der Waals surface area contributed by atoms with Crippen molar-refractivity contribution < 1.29 is 0 Å². The molecule has 0 saturated carbocycles. The summed E-state index contributed by atoms with van der Waals surface area (Å²) in [7, 11) is 0. The predicted octanol–water partition coefficient (Wildman–Crippen LogP) is 12.6. The van der Waals surface area contributed by atoms with E-state index in [-0.39, 0.29) is 0 Å². The second-order valence-corrected chi connectivity index (χ2v) is 13.4. The van der Waals surface area contributed by atoms with Crippen LogP contribution in [0.1, 0.15) is 0 Å². The van der Waals surface area contributed by atoms with Crippen molar-refractivity contribution in [2.45, 2.75) is 0 Å². The second-order valence-electron chi connectivity index (χ2n) is 13.4. The van der Waals surface area contributed by atoms with Crippen molar-refractivity contribution in [3.8, 4) is 27.9 Å². The topological polar surface area (TPSA) is 14.8 Å². The highest BCUT2D eigenvalue weighted by Gasteiger charge is 2.19. The lowest BCUT2D eigenvalue weighted by molar-refractivity contribution is 0.775. The van der Waals surface area contributed by atoms with E-state index in [9.17, 15) is 0 Å². The Balaban J connectivity index is 1.11. The molecule has 3 aromatic heterocycles. The molecule has 0 spiro atoms. The molecule has 0 aliphatic carbocycles. The van der Waals surface area contributed by atoms with Gasteiger partial charge < -0.3 is 4.57 Å². The van der Waals surface area contributed by atoms with Crippen LogP contribution in [0.3, 0.4) is 0 Å². The fourth-order valence-electron chi connectivity index (χ4n) is 8.35. The Hall–Kier alpha value is -6.84. The molecule has 238 valence electrons. The Morgan fingerprint density at radius 3 is 1.24 bits per heavy atom. The fraction of sp³-hybridized carbons (Fsp3) is 0. The Kier molecular flexibility index (Phi) is 5.96. The number of aromatic nitrogens is 3. The molecule has 0 N–H and O–H groups in total. The Morgan fingerprint density at radius 1 is 0.235 bits per heavy atom. The molecular weight excluding hydrogens is 619 g/mol. The van der Waals surface area contributed by atoms with Crippen LogP contribution in [0, 0.1) is 0 Å².